The van der Waals surface area contributed by atoms with Gasteiger partial charge in [0, 0.05) is 16.5 Å². The molecule has 0 unspecified atom stereocenters. The summed E-state index contributed by atoms with van der Waals surface area (Å²) in [6.07, 6.45) is 0. The maximum atomic E-state index is 13.9. The van der Waals surface area contributed by atoms with Crippen molar-refractivity contribution in [3.63, 3.8) is 0 Å². The van der Waals surface area contributed by atoms with E-state index in [9.17, 15) is 9.18 Å². The van der Waals surface area contributed by atoms with Gasteiger partial charge in [-0.1, -0.05) is 0 Å². The number of benzene rings is 2. The van der Waals surface area contributed by atoms with Gasteiger partial charge in [-0.3, -0.25) is 4.79 Å². The Labute approximate surface area is 174 Å². The van der Waals surface area contributed by atoms with Crippen LogP contribution in [0.5, 0.6) is 11.5 Å². The number of methoxy groups -OCH3 is 2. The van der Waals surface area contributed by atoms with Crippen molar-refractivity contribution in [2.24, 2.45) is 0 Å². The number of nitrogens with zero attached hydrogens (tertiary/aromatic N) is 1. The number of amides is 1. The third kappa shape index (κ3) is 3.85. The van der Waals surface area contributed by atoms with Gasteiger partial charge in [0.15, 0.2) is 17.3 Å². The van der Waals surface area contributed by atoms with Gasteiger partial charge in [0.1, 0.15) is 17.9 Å². The van der Waals surface area contributed by atoms with Crippen LogP contribution in [-0.4, -0.2) is 51.2 Å². The predicted molar refractivity (Wildman–Crippen MR) is 111 cm³/mol. The highest BCUT2D eigenvalue weighted by Crippen LogP contribution is 2.29. The van der Waals surface area contributed by atoms with Crippen molar-refractivity contribution < 1.29 is 28.0 Å². The lowest BCUT2D eigenvalue weighted by atomic mass is 10.1. The molecule has 2 aromatic carbocycles. The van der Waals surface area contributed by atoms with E-state index in [0.29, 0.717) is 31.0 Å². The monoisotopic (exact) mass is 413 g/mol. The first-order valence-electron chi connectivity index (χ1n) is 10.0. The van der Waals surface area contributed by atoms with Gasteiger partial charge >= 0.3 is 0 Å². The molecule has 0 radical (unpaired) electrons. The van der Waals surface area contributed by atoms with Gasteiger partial charge in [0.05, 0.1) is 40.4 Å². The number of furan rings is 1. The van der Waals surface area contributed by atoms with Crippen molar-refractivity contribution in [3.8, 4) is 11.5 Å². The molecule has 0 aliphatic carbocycles. The van der Waals surface area contributed by atoms with Crippen molar-refractivity contribution in [2.45, 2.75) is 13.5 Å². The van der Waals surface area contributed by atoms with Crippen LogP contribution in [0.4, 0.5) is 4.39 Å². The number of ether oxygens (including phenoxy) is 2. The van der Waals surface area contributed by atoms with Crippen LogP contribution in [0.25, 0.3) is 11.0 Å². The molecule has 0 saturated carbocycles. The molecule has 0 spiro atoms. The largest absolute Gasteiger partial charge is 0.497 e. The molecule has 4 rings (SSSR count). The van der Waals surface area contributed by atoms with Crippen LogP contribution in [0.15, 0.2) is 40.8 Å². The number of quaternary nitrogens is 1. The molecule has 1 fully saturated rings. The summed E-state index contributed by atoms with van der Waals surface area (Å²) in [5, 5.41) is 0.892. The van der Waals surface area contributed by atoms with Crippen molar-refractivity contribution in [1.29, 1.82) is 0 Å². The summed E-state index contributed by atoms with van der Waals surface area (Å²) in [5.74, 6) is 0.942. The highest BCUT2D eigenvalue weighted by Gasteiger charge is 2.28. The number of aryl methyl sites for hydroxylation is 1. The maximum Gasteiger partial charge on any atom is 0.290 e. The van der Waals surface area contributed by atoms with E-state index in [2.05, 4.69) is 0 Å². The van der Waals surface area contributed by atoms with Crippen LogP contribution in [0.1, 0.15) is 21.7 Å². The first-order valence-corrected chi connectivity index (χ1v) is 10.0. The lowest BCUT2D eigenvalue weighted by Gasteiger charge is -2.32. The Kier molecular flexibility index (Phi) is 5.63. The number of nitrogens with one attached hydrogen (secondary N) is 1. The number of piperazine rings is 1. The minimum atomic E-state index is -0.347. The van der Waals surface area contributed by atoms with Crippen molar-refractivity contribution in [1.82, 2.24) is 4.90 Å². The second-order valence-corrected chi connectivity index (χ2v) is 7.61. The van der Waals surface area contributed by atoms with Gasteiger partial charge in [-0.25, -0.2) is 4.39 Å². The van der Waals surface area contributed by atoms with Gasteiger partial charge in [0.25, 0.3) is 5.91 Å². The Balaban J connectivity index is 1.41. The molecular weight excluding hydrogens is 387 g/mol. The number of carbonyl (C=O) groups is 1. The molecule has 1 saturated heterocycles. The van der Waals surface area contributed by atoms with E-state index in [4.69, 9.17) is 13.9 Å². The summed E-state index contributed by atoms with van der Waals surface area (Å²) in [4.78, 5) is 16.2. The van der Waals surface area contributed by atoms with Gasteiger partial charge in [0.2, 0.25) is 0 Å². The Morgan fingerprint density at radius 2 is 1.90 bits per heavy atom. The van der Waals surface area contributed by atoms with Gasteiger partial charge in [-0.15, -0.1) is 0 Å². The maximum absolute atomic E-state index is 13.9. The molecule has 30 heavy (non-hydrogen) atoms. The predicted octanol–water partition coefficient (Wildman–Crippen LogP) is 2.44. The quantitative estimate of drug-likeness (QED) is 0.698. The van der Waals surface area contributed by atoms with Crippen LogP contribution in [0, 0.1) is 12.7 Å². The number of hydrogen-bond donors (Lipinski definition) is 1. The minimum Gasteiger partial charge on any atom is -0.497 e. The highest BCUT2D eigenvalue weighted by atomic mass is 19.1. The number of halogens is 1. The molecule has 158 valence electrons. The highest BCUT2D eigenvalue weighted by molar-refractivity contribution is 5.99. The summed E-state index contributed by atoms with van der Waals surface area (Å²) in [6.45, 7) is 5.48. The van der Waals surface area contributed by atoms with Crippen molar-refractivity contribution in [2.75, 3.05) is 40.4 Å². The number of rotatable bonds is 5. The Morgan fingerprint density at radius 3 is 2.57 bits per heavy atom. The molecule has 2 heterocycles. The molecule has 1 N–H and O–H groups in total. The molecular formula is C23H26FN2O4+. The van der Waals surface area contributed by atoms with Crippen LogP contribution in [-0.2, 0) is 6.54 Å². The second-order valence-electron chi connectivity index (χ2n) is 7.61. The molecule has 1 amide bonds. The Morgan fingerprint density at radius 1 is 1.13 bits per heavy atom. The molecule has 0 atom stereocenters. The van der Waals surface area contributed by atoms with E-state index >= 15 is 0 Å². The fourth-order valence-electron chi connectivity index (χ4n) is 3.99. The van der Waals surface area contributed by atoms with Crippen LogP contribution < -0.4 is 14.4 Å². The molecule has 0 bridgehead atoms. The third-order valence-electron chi connectivity index (χ3n) is 5.77. The molecule has 6 nitrogen and oxygen atoms in total. The Hall–Kier alpha value is -3.06. The summed E-state index contributed by atoms with van der Waals surface area (Å²) in [7, 11) is 3.07. The van der Waals surface area contributed by atoms with E-state index in [1.807, 2.05) is 36.1 Å². The smallest absolute Gasteiger partial charge is 0.290 e. The van der Waals surface area contributed by atoms with Crippen molar-refractivity contribution in [3.05, 3.63) is 59.1 Å². The normalized spacial score (nSPS) is 14.9. The average Bonchev–Trinajstić information content (AvgIpc) is 3.09. The summed E-state index contributed by atoms with van der Waals surface area (Å²) in [5.41, 5.74) is 2.44. The van der Waals surface area contributed by atoms with Gasteiger partial charge in [-0.05, 0) is 43.3 Å². The van der Waals surface area contributed by atoms with E-state index in [-0.39, 0.29) is 17.5 Å². The number of carbonyl (C=O) groups excluding carboxylic acids is 1. The molecule has 7 heteroatoms. The number of fused-ring (bicyclic) bond motifs is 1. The van der Waals surface area contributed by atoms with E-state index in [0.717, 1.165) is 35.4 Å². The first-order chi connectivity index (χ1) is 14.5. The van der Waals surface area contributed by atoms with Crippen molar-refractivity contribution >= 4 is 16.9 Å². The lowest BCUT2D eigenvalue weighted by molar-refractivity contribution is -0.917. The van der Waals surface area contributed by atoms with Crippen LogP contribution in [0.3, 0.4) is 0 Å². The van der Waals surface area contributed by atoms with E-state index in [1.165, 1.54) is 18.1 Å². The Bertz CT molecular complexity index is 1070. The van der Waals surface area contributed by atoms with Crippen LogP contribution >= 0.6 is 0 Å². The first kappa shape index (κ1) is 20.2. The summed E-state index contributed by atoms with van der Waals surface area (Å²) < 4.78 is 30.0. The minimum absolute atomic E-state index is 0.0859. The zero-order valence-electron chi connectivity index (χ0n) is 17.5. The third-order valence-corrected chi connectivity index (χ3v) is 5.77. The molecule has 1 aliphatic rings. The lowest BCUT2D eigenvalue weighted by Crippen LogP contribution is -3.13. The fourth-order valence-corrected chi connectivity index (χ4v) is 3.99. The van der Waals surface area contributed by atoms with Gasteiger partial charge < -0.3 is 23.7 Å². The summed E-state index contributed by atoms with van der Waals surface area (Å²) in [6, 6.07) is 10.6. The standard InChI is InChI=1S/C23H25FN2O4/c1-15-18-13-17(28-2)5-7-20(18)30-22(15)23(27)26-10-8-25(9-11-26)14-16-4-6-21(29-3)19(24)12-16/h4-7,12-13H,8-11,14H2,1-3H3/p+1. The van der Waals surface area contributed by atoms with E-state index < -0.39 is 0 Å². The SMILES string of the molecule is COc1ccc2oc(C(=O)N3CC[NH+](Cc4ccc(OC)c(F)c4)CC3)c(C)c2c1. The van der Waals surface area contributed by atoms with E-state index in [1.54, 1.807) is 13.2 Å². The number of hydrogen-bond acceptors (Lipinski definition) is 4. The topological polar surface area (TPSA) is 56.3 Å². The zero-order valence-corrected chi connectivity index (χ0v) is 17.5. The zero-order chi connectivity index (χ0) is 21.3. The van der Waals surface area contributed by atoms with Gasteiger partial charge in [-0.2, -0.15) is 0 Å². The molecule has 1 aromatic heterocycles. The second kappa shape index (κ2) is 8.36. The summed E-state index contributed by atoms with van der Waals surface area (Å²) >= 11 is 0. The molecule has 3 aromatic rings. The molecule has 1 aliphatic heterocycles. The van der Waals surface area contributed by atoms with Crippen LogP contribution in [0.2, 0.25) is 0 Å². The fraction of sp³-hybridized carbons (Fsp3) is 0.348. The average molecular weight is 413 g/mol.